The Bertz CT molecular complexity index is 1010. The van der Waals surface area contributed by atoms with Gasteiger partial charge in [0, 0.05) is 12.6 Å². The van der Waals surface area contributed by atoms with E-state index in [1.54, 1.807) is 0 Å². The van der Waals surface area contributed by atoms with Crippen molar-refractivity contribution in [3.05, 3.63) is 65.2 Å². The third kappa shape index (κ3) is 2.78. The van der Waals surface area contributed by atoms with Crippen LogP contribution < -0.4 is 0 Å². The van der Waals surface area contributed by atoms with Gasteiger partial charge in [-0.25, -0.2) is 12.7 Å². The predicted molar refractivity (Wildman–Crippen MR) is 84.9 cm³/mol. The predicted octanol–water partition coefficient (Wildman–Crippen LogP) is 2.83. The van der Waals surface area contributed by atoms with Crippen molar-refractivity contribution in [2.75, 3.05) is 7.05 Å². The van der Waals surface area contributed by atoms with Gasteiger partial charge in [0.1, 0.15) is 5.92 Å². The highest BCUT2D eigenvalue weighted by Crippen LogP contribution is 2.36. The second kappa shape index (κ2) is 5.94. The first kappa shape index (κ1) is 18.1. The molecule has 0 aromatic heterocycles. The highest BCUT2D eigenvalue weighted by molar-refractivity contribution is 7.89. The van der Waals surface area contributed by atoms with Crippen LogP contribution in [-0.2, 0) is 21.0 Å². The van der Waals surface area contributed by atoms with Crippen LogP contribution >= 0.6 is 0 Å². The average molecular weight is 383 g/mol. The molecule has 1 atom stereocenters. The molecule has 1 aliphatic rings. The van der Waals surface area contributed by atoms with E-state index < -0.39 is 39.4 Å². The molecule has 2 aromatic carbocycles. The van der Waals surface area contributed by atoms with Crippen LogP contribution in [0, 0.1) is 0 Å². The van der Waals surface area contributed by atoms with E-state index in [0.29, 0.717) is 10.4 Å². The summed E-state index contributed by atoms with van der Waals surface area (Å²) in [6, 6.07) is 9.15. The summed E-state index contributed by atoms with van der Waals surface area (Å²) in [5.74, 6) is -3.43. The van der Waals surface area contributed by atoms with Gasteiger partial charge in [-0.05, 0) is 23.8 Å². The summed E-state index contributed by atoms with van der Waals surface area (Å²) >= 11 is 0. The first-order valence-electron chi connectivity index (χ1n) is 7.38. The lowest BCUT2D eigenvalue weighted by Gasteiger charge is -2.30. The van der Waals surface area contributed by atoms with Gasteiger partial charge in [0.25, 0.3) is 15.9 Å². The number of hydrogen-bond donors (Lipinski definition) is 0. The molecular weight excluding hydrogens is 371 g/mol. The third-order valence-corrected chi connectivity index (χ3v) is 5.99. The molecule has 136 valence electrons. The zero-order valence-corrected chi connectivity index (χ0v) is 14.1. The minimum atomic E-state index is -4.65. The molecule has 1 unspecified atom stereocenters. The second-order valence-electron chi connectivity index (χ2n) is 5.72. The maximum atomic E-state index is 12.9. The fourth-order valence-electron chi connectivity index (χ4n) is 2.80. The van der Waals surface area contributed by atoms with Crippen molar-refractivity contribution < 1.29 is 31.2 Å². The molecule has 0 spiro atoms. The number of halogens is 3. The van der Waals surface area contributed by atoms with Crippen molar-refractivity contribution in [2.45, 2.75) is 17.0 Å². The molecular formula is C17H12F3NO4S. The molecule has 0 fully saturated rings. The summed E-state index contributed by atoms with van der Waals surface area (Å²) in [4.78, 5) is 25.1. The highest BCUT2D eigenvalue weighted by Gasteiger charge is 2.44. The Kier molecular flexibility index (Phi) is 4.14. The van der Waals surface area contributed by atoms with Crippen LogP contribution in [0.25, 0.3) is 0 Å². The lowest BCUT2D eigenvalue weighted by Crippen LogP contribution is -2.44. The lowest BCUT2D eigenvalue weighted by molar-refractivity contribution is -0.137. The molecule has 0 saturated carbocycles. The van der Waals surface area contributed by atoms with Crippen molar-refractivity contribution in [1.29, 1.82) is 0 Å². The zero-order chi connectivity index (χ0) is 19.3. The van der Waals surface area contributed by atoms with E-state index in [0.717, 1.165) is 25.2 Å². The average Bonchev–Trinajstić information content (AvgIpc) is 2.59. The molecule has 0 radical (unpaired) electrons. The molecule has 0 aliphatic carbocycles. The van der Waals surface area contributed by atoms with Crippen molar-refractivity contribution in [3.8, 4) is 0 Å². The molecule has 5 nitrogen and oxygen atoms in total. The SMILES string of the molecule is CN1C(=O)C(C(=O)c2cccc(C(F)(F)F)c2)c2ccccc2S1(=O)=O. The van der Waals surface area contributed by atoms with Gasteiger partial charge in [-0.15, -0.1) is 0 Å². The van der Waals surface area contributed by atoms with Crippen LogP contribution in [0.1, 0.15) is 27.4 Å². The molecule has 1 amide bonds. The number of alkyl halides is 3. The van der Waals surface area contributed by atoms with Crippen molar-refractivity contribution in [2.24, 2.45) is 0 Å². The molecule has 2 aromatic rings. The molecule has 1 aliphatic heterocycles. The van der Waals surface area contributed by atoms with Gasteiger partial charge in [-0.1, -0.05) is 30.3 Å². The normalized spacial score (nSPS) is 19.2. The van der Waals surface area contributed by atoms with E-state index >= 15 is 0 Å². The van der Waals surface area contributed by atoms with Crippen molar-refractivity contribution in [1.82, 2.24) is 4.31 Å². The number of amides is 1. The van der Waals surface area contributed by atoms with Crippen LogP contribution in [0.2, 0.25) is 0 Å². The number of sulfonamides is 1. The number of benzene rings is 2. The van der Waals surface area contributed by atoms with Crippen LogP contribution in [0.5, 0.6) is 0 Å². The number of likely N-dealkylation sites (N-methyl/N-ethyl adjacent to an activating group) is 1. The van der Waals surface area contributed by atoms with Gasteiger partial charge in [-0.3, -0.25) is 9.59 Å². The Labute approximate surface area is 147 Å². The summed E-state index contributed by atoms with van der Waals surface area (Å²) in [5, 5.41) is 0. The summed E-state index contributed by atoms with van der Waals surface area (Å²) in [6.45, 7) is 0. The molecule has 3 rings (SSSR count). The molecule has 0 saturated heterocycles. The number of fused-ring (bicyclic) bond motifs is 1. The Morgan fingerprint density at radius 2 is 1.73 bits per heavy atom. The van der Waals surface area contributed by atoms with Gasteiger partial charge in [-0.2, -0.15) is 13.2 Å². The van der Waals surface area contributed by atoms with Crippen LogP contribution in [0.15, 0.2) is 53.4 Å². The Morgan fingerprint density at radius 1 is 1.08 bits per heavy atom. The number of carbonyl (C=O) groups is 2. The first-order chi connectivity index (χ1) is 12.0. The number of rotatable bonds is 2. The Morgan fingerprint density at radius 3 is 2.38 bits per heavy atom. The van der Waals surface area contributed by atoms with E-state index in [2.05, 4.69) is 0 Å². The van der Waals surface area contributed by atoms with Crippen molar-refractivity contribution in [3.63, 3.8) is 0 Å². The lowest BCUT2D eigenvalue weighted by atomic mass is 9.89. The summed E-state index contributed by atoms with van der Waals surface area (Å²) in [6.07, 6.45) is -4.65. The Hall–Kier alpha value is -2.68. The van der Waals surface area contributed by atoms with E-state index in [1.165, 1.54) is 24.3 Å². The quantitative estimate of drug-likeness (QED) is 0.591. The van der Waals surface area contributed by atoms with E-state index in [9.17, 15) is 31.2 Å². The molecule has 9 heteroatoms. The third-order valence-electron chi connectivity index (χ3n) is 4.16. The minimum absolute atomic E-state index is 0.0435. The summed E-state index contributed by atoms with van der Waals surface area (Å²) in [5.41, 5.74) is -1.39. The minimum Gasteiger partial charge on any atom is -0.293 e. The summed E-state index contributed by atoms with van der Waals surface area (Å²) in [7, 11) is -3.08. The van der Waals surface area contributed by atoms with E-state index in [-0.39, 0.29) is 16.0 Å². The monoisotopic (exact) mass is 383 g/mol. The van der Waals surface area contributed by atoms with Crippen molar-refractivity contribution >= 4 is 21.7 Å². The topological polar surface area (TPSA) is 71.5 Å². The van der Waals surface area contributed by atoms with Crippen LogP contribution in [0.3, 0.4) is 0 Å². The zero-order valence-electron chi connectivity index (χ0n) is 13.3. The molecule has 26 heavy (non-hydrogen) atoms. The van der Waals surface area contributed by atoms with E-state index in [1.807, 2.05) is 0 Å². The number of carbonyl (C=O) groups excluding carboxylic acids is 2. The highest BCUT2D eigenvalue weighted by atomic mass is 32.2. The fourth-order valence-corrected chi connectivity index (χ4v) is 4.18. The number of ketones is 1. The molecule has 0 N–H and O–H groups in total. The smallest absolute Gasteiger partial charge is 0.293 e. The number of Topliss-reactive ketones (excluding diaryl/α,β-unsaturated/α-hetero) is 1. The van der Waals surface area contributed by atoms with E-state index in [4.69, 9.17) is 0 Å². The number of nitrogens with zero attached hydrogens (tertiary/aromatic N) is 1. The van der Waals surface area contributed by atoms with Gasteiger partial charge < -0.3 is 0 Å². The number of hydrogen-bond acceptors (Lipinski definition) is 4. The largest absolute Gasteiger partial charge is 0.416 e. The van der Waals surface area contributed by atoms with Crippen LogP contribution in [0.4, 0.5) is 13.2 Å². The summed E-state index contributed by atoms with van der Waals surface area (Å²) < 4.78 is 63.8. The first-order valence-corrected chi connectivity index (χ1v) is 8.82. The van der Waals surface area contributed by atoms with Gasteiger partial charge in [0.05, 0.1) is 10.5 Å². The molecule has 1 heterocycles. The molecule has 0 bridgehead atoms. The maximum absolute atomic E-state index is 12.9. The standard InChI is InChI=1S/C17H12F3NO4S/c1-21-16(23)14(12-7-2-3-8-13(12)26(21,24)25)15(22)10-5-4-6-11(9-10)17(18,19)20/h2-9,14H,1H3. The van der Waals surface area contributed by atoms with Crippen LogP contribution in [-0.4, -0.2) is 31.5 Å². The van der Waals surface area contributed by atoms with Gasteiger partial charge >= 0.3 is 6.18 Å². The Balaban J connectivity index is 2.15. The van der Waals surface area contributed by atoms with Gasteiger partial charge in [0.2, 0.25) is 0 Å². The van der Waals surface area contributed by atoms with Gasteiger partial charge in [0.15, 0.2) is 5.78 Å². The second-order valence-corrected chi connectivity index (χ2v) is 7.66. The fraction of sp³-hybridized carbons (Fsp3) is 0.176. The maximum Gasteiger partial charge on any atom is 0.416 e.